The first-order chi connectivity index (χ1) is 6.11. The van der Waals surface area contributed by atoms with Crippen molar-refractivity contribution in [3.63, 3.8) is 0 Å². The van der Waals surface area contributed by atoms with Crippen molar-refractivity contribution in [2.45, 2.75) is 25.5 Å². The van der Waals surface area contributed by atoms with Gasteiger partial charge in [0, 0.05) is 25.8 Å². The van der Waals surface area contributed by atoms with Gasteiger partial charge in [-0.2, -0.15) is 0 Å². The fourth-order valence-electron chi connectivity index (χ4n) is 1.59. The number of aliphatic hydroxyl groups excluding tert-OH is 1. The third-order valence-corrected chi connectivity index (χ3v) is 2.30. The van der Waals surface area contributed by atoms with Gasteiger partial charge in [-0.3, -0.25) is 9.69 Å². The summed E-state index contributed by atoms with van der Waals surface area (Å²) in [6.45, 7) is 3.97. The van der Waals surface area contributed by atoms with Crippen LogP contribution in [0.3, 0.4) is 0 Å². The first kappa shape index (κ1) is 14.3. The van der Waals surface area contributed by atoms with E-state index in [-0.39, 0.29) is 42.0 Å². The molecule has 0 aliphatic carbocycles. The van der Waals surface area contributed by atoms with Gasteiger partial charge in [0.05, 0.1) is 12.5 Å². The maximum absolute atomic E-state index is 10.5. The molecular formula is C8H17N2NaO3. The van der Waals surface area contributed by atoms with Crippen molar-refractivity contribution < 1.29 is 15.0 Å². The fraction of sp³-hybridized carbons (Fsp3) is 0.875. The average molecular weight is 212 g/mol. The summed E-state index contributed by atoms with van der Waals surface area (Å²) in [6, 6.07) is -0.271. The average Bonchev–Trinajstić information content (AvgIpc) is 2.50. The van der Waals surface area contributed by atoms with Gasteiger partial charge in [0.25, 0.3) is 0 Å². The summed E-state index contributed by atoms with van der Waals surface area (Å²) in [5, 5.41) is 21.1. The molecule has 5 nitrogen and oxygen atoms in total. The van der Waals surface area contributed by atoms with Crippen LogP contribution in [0.2, 0.25) is 0 Å². The van der Waals surface area contributed by atoms with E-state index in [1.54, 1.807) is 6.92 Å². The molecule has 6 heteroatoms. The van der Waals surface area contributed by atoms with E-state index in [2.05, 4.69) is 5.32 Å². The number of aliphatic carboxylic acids is 1. The van der Waals surface area contributed by atoms with Gasteiger partial charge in [-0.25, -0.2) is 0 Å². The van der Waals surface area contributed by atoms with Gasteiger partial charge in [0.1, 0.15) is 0 Å². The molecule has 1 heterocycles. The van der Waals surface area contributed by atoms with Crippen LogP contribution in [0.15, 0.2) is 0 Å². The van der Waals surface area contributed by atoms with E-state index in [0.29, 0.717) is 6.67 Å². The molecule has 1 saturated heterocycles. The topological polar surface area (TPSA) is 72.8 Å². The van der Waals surface area contributed by atoms with Crippen LogP contribution < -0.4 is 5.32 Å². The molecule has 0 aromatic heterocycles. The Bertz CT molecular complexity index is 183. The Kier molecular flexibility index (Phi) is 6.93. The minimum absolute atomic E-state index is 0. The van der Waals surface area contributed by atoms with Crippen LogP contribution in [-0.2, 0) is 4.79 Å². The molecule has 2 unspecified atom stereocenters. The van der Waals surface area contributed by atoms with Crippen LogP contribution in [0.25, 0.3) is 0 Å². The van der Waals surface area contributed by atoms with Crippen LogP contribution in [0.1, 0.15) is 13.3 Å². The zero-order valence-electron chi connectivity index (χ0n) is 7.73. The molecule has 1 fully saturated rings. The van der Waals surface area contributed by atoms with Crippen molar-refractivity contribution >= 4 is 35.5 Å². The molecule has 0 aromatic carbocycles. The first-order valence-corrected chi connectivity index (χ1v) is 4.46. The molecule has 0 amide bonds. The molecule has 0 saturated carbocycles. The van der Waals surface area contributed by atoms with Gasteiger partial charge in [0.15, 0.2) is 0 Å². The molecular weight excluding hydrogens is 195 g/mol. The summed E-state index contributed by atoms with van der Waals surface area (Å²) in [4.78, 5) is 12.5. The van der Waals surface area contributed by atoms with Crippen molar-refractivity contribution in [1.29, 1.82) is 0 Å². The quantitative estimate of drug-likeness (QED) is 0.491. The molecule has 1 aliphatic heterocycles. The Hall–Kier alpha value is 0.350. The Labute approximate surface area is 106 Å². The molecule has 0 spiro atoms. The van der Waals surface area contributed by atoms with Crippen molar-refractivity contribution in [2.24, 2.45) is 0 Å². The predicted molar refractivity (Wildman–Crippen MR) is 54.4 cm³/mol. The monoisotopic (exact) mass is 212 g/mol. The number of carboxylic acid groups (broad SMARTS) is 1. The third kappa shape index (κ3) is 4.25. The second-order valence-corrected chi connectivity index (χ2v) is 3.38. The Balaban J connectivity index is 0.00000169. The van der Waals surface area contributed by atoms with Gasteiger partial charge in [-0.1, -0.05) is 0 Å². The van der Waals surface area contributed by atoms with Crippen molar-refractivity contribution in [2.75, 3.05) is 19.8 Å². The van der Waals surface area contributed by atoms with Crippen LogP contribution >= 0.6 is 0 Å². The van der Waals surface area contributed by atoms with Gasteiger partial charge in [0.2, 0.25) is 0 Å². The minimum atomic E-state index is -0.863. The molecule has 0 aromatic rings. The first-order valence-electron chi connectivity index (χ1n) is 4.46. The molecule has 78 valence electrons. The summed E-state index contributed by atoms with van der Waals surface area (Å²) in [5.41, 5.74) is 0. The summed E-state index contributed by atoms with van der Waals surface area (Å²) < 4.78 is 0. The van der Waals surface area contributed by atoms with E-state index < -0.39 is 12.1 Å². The van der Waals surface area contributed by atoms with Gasteiger partial charge in [-0.15, -0.1) is 0 Å². The Morgan fingerprint density at radius 1 is 1.64 bits per heavy atom. The Morgan fingerprint density at radius 3 is 2.64 bits per heavy atom. The van der Waals surface area contributed by atoms with E-state index in [1.165, 1.54) is 0 Å². The number of nitrogens with one attached hydrogen (secondary N) is 1. The number of hydrogen-bond acceptors (Lipinski definition) is 4. The SMILES string of the molecule is CC(O)C(CC(=O)O)N1CCNC1.[NaH]. The number of carbonyl (C=O) groups is 1. The summed E-state index contributed by atoms with van der Waals surface area (Å²) in [6.07, 6.45) is -0.602. The van der Waals surface area contributed by atoms with Gasteiger partial charge in [-0.05, 0) is 6.92 Å². The number of rotatable bonds is 4. The van der Waals surface area contributed by atoms with Crippen LogP contribution in [0.4, 0.5) is 0 Å². The molecule has 0 bridgehead atoms. The van der Waals surface area contributed by atoms with Crippen LogP contribution in [0, 0.1) is 0 Å². The van der Waals surface area contributed by atoms with Crippen molar-refractivity contribution in [3.05, 3.63) is 0 Å². The molecule has 1 rings (SSSR count). The Morgan fingerprint density at radius 2 is 2.29 bits per heavy atom. The molecule has 0 radical (unpaired) electrons. The summed E-state index contributed by atoms with van der Waals surface area (Å²) in [7, 11) is 0. The van der Waals surface area contributed by atoms with Crippen LogP contribution in [-0.4, -0.2) is 82.5 Å². The normalized spacial score (nSPS) is 21.3. The summed E-state index contributed by atoms with van der Waals surface area (Å²) >= 11 is 0. The van der Waals surface area contributed by atoms with Crippen molar-refractivity contribution in [3.8, 4) is 0 Å². The zero-order chi connectivity index (χ0) is 9.84. The van der Waals surface area contributed by atoms with Gasteiger partial charge >= 0.3 is 35.5 Å². The number of nitrogens with zero attached hydrogens (tertiary/aromatic N) is 1. The van der Waals surface area contributed by atoms with E-state index in [1.807, 2.05) is 4.90 Å². The maximum atomic E-state index is 10.5. The number of hydrogen-bond donors (Lipinski definition) is 3. The van der Waals surface area contributed by atoms with E-state index >= 15 is 0 Å². The fourth-order valence-corrected chi connectivity index (χ4v) is 1.59. The zero-order valence-corrected chi connectivity index (χ0v) is 7.73. The van der Waals surface area contributed by atoms with Crippen molar-refractivity contribution in [1.82, 2.24) is 10.2 Å². The number of carboxylic acids is 1. The van der Waals surface area contributed by atoms with Crippen LogP contribution in [0.5, 0.6) is 0 Å². The summed E-state index contributed by atoms with van der Waals surface area (Å²) in [5.74, 6) is -0.863. The third-order valence-electron chi connectivity index (χ3n) is 2.30. The van der Waals surface area contributed by atoms with Gasteiger partial charge < -0.3 is 15.5 Å². The van der Waals surface area contributed by atoms with E-state index in [4.69, 9.17) is 5.11 Å². The van der Waals surface area contributed by atoms with E-state index in [0.717, 1.165) is 13.1 Å². The molecule has 1 aliphatic rings. The predicted octanol–water partition coefficient (Wildman–Crippen LogP) is -1.58. The molecule has 14 heavy (non-hydrogen) atoms. The number of aliphatic hydroxyl groups is 1. The second kappa shape index (κ2) is 6.76. The standard InChI is InChI=1S/C8H16N2O3.Na.H/c1-6(11)7(4-8(12)13)10-3-2-9-5-10;;/h6-7,9,11H,2-5H2,1H3,(H,12,13);;. The van der Waals surface area contributed by atoms with E-state index in [9.17, 15) is 9.90 Å². The molecule has 2 atom stereocenters. The molecule has 3 N–H and O–H groups in total. The second-order valence-electron chi connectivity index (χ2n) is 3.38.